The lowest BCUT2D eigenvalue weighted by Crippen LogP contribution is -2.50. The Kier molecular flexibility index (Phi) is 7.17. The number of carbonyl (C=O) groups is 2. The Morgan fingerprint density at radius 2 is 1.48 bits per heavy atom. The summed E-state index contributed by atoms with van der Waals surface area (Å²) < 4.78 is 30.2. The van der Waals surface area contributed by atoms with Gasteiger partial charge < -0.3 is 14.4 Å². The topological polar surface area (TPSA) is 88.7 Å². The van der Waals surface area contributed by atoms with E-state index in [1.807, 2.05) is 30.3 Å². The SMILES string of the molecule is Cc1ccc(C(=O)N2CCN(C(=O)c3cc(-c4ccccc4)n(-c4ccc(F)cc4F)c3C)CC2)cc1[N+](=O)[O-]. The number of aromatic nitrogens is 1. The van der Waals surface area contributed by atoms with Gasteiger partial charge in [-0.15, -0.1) is 0 Å². The fourth-order valence-corrected chi connectivity index (χ4v) is 5.02. The van der Waals surface area contributed by atoms with E-state index in [9.17, 15) is 28.5 Å². The second kappa shape index (κ2) is 10.7. The third-order valence-electron chi connectivity index (χ3n) is 7.20. The average molecular weight is 545 g/mol. The summed E-state index contributed by atoms with van der Waals surface area (Å²) in [7, 11) is 0. The second-order valence-electron chi connectivity index (χ2n) is 9.67. The number of amides is 2. The van der Waals surface area contributed by atoms with Crippen LogP contribution in [0.25, 0.3) is 16.9 Å². The highest BCUT2D eigenvalue weighted by Gasteiger charge is 2.29. The highest BCUT2D eigenvalue weighted by Crippen LogP contribution is 2.32. The molecule has 0 spiro atoms. The summed E-state index contributed by atoms with van der Waals surface area (Å²) in [6, 6.07) is 18.6. The Bertz CT molecular complexity index is 1630. The molecule has 0 saturated carbocycles. The molecule has 0 unspecified atom stereocenters. The van der Waals surface area contributed by atoms with Crippen molar-refractivity contribution in [2.24, 2.45) is 0 Å². The van der Waals surface area contributed by atoms with Gasteiger partial charge in [-0.2, -0.15) is 0 Å². The van der Waals surface area contributed by atoms with Gasteiger partial charge in [0.05, 0.1) is 21.9 Å². The van der Waals surface area contributed by atoms with Crippen LogP contribution in [0.2, 0.25) is 0 Å². The second-order valence-corrected chi connectivity index (χ2v) is 9.67. The summed E-state index contributed by atoms with van der Waals surface area (Å²) in [6.07, 6.45) is 0. The van der Waals surface area contributed by atoms with E-state index in [1.54, 1.807) is 46.4 Å². The van der Waals surface area contributed by atoms with Crippen molar-refractivity contribution in [3.63, 3.8) is 0 Å². The first-order valence-electron chi connectivity index (χ1n) is 12.7. The van der Waals surface area contributed by atoms with Crippen molar-refractivity contribution in [1.82, 2.24) is 14.4 Å². The molecule has 3 aromatic carbocycles. The quantitative estimate of drug-likeness (QED) is 0.244. The minimum Gasteiger partial charge on any atom is -0.335 e. The van der Waals surface area contributed by atoms with E-state index in [2.05, 4.69) is 0 Å². The molecule has 1 aliphatic heterocycles. The van der Waals surface area contributed by atoms with Crippen molar-refractivity contribution in [2.45, 2.75) is 13.8 Å². The van der Waals surface area contributed by atoms with Gasteiger partial charge in [0.1, 0.15) is 11.6 Å². The Balaban J connectivity index is 1.40. The van der Waals surface area contributed by atoms with Gasteiger partial charge in [-0.05, 0) is 43.7 Å². The first-order chi connectivity index (χ1) is 19.2. The van der Waals surface area contributed by atoms with E-state index in [0.29, 0.717) is 22.5 Å². The van der Waals surface area contributed by atoms with E-state index >= 15 is 0 Å². The summed E-state index contributed by atoms with van der Waals surface area (Å²) in [6.45, 7) is 4.35. The van der Waals surface area contributed by atoms with Crippen molar-refractivity contribution >= 4 is 17.5 Å². The Hall–Kier alpha value is -4.86. The molecule has 40 heavy (non-hydrogen) atoms. The molecule has 0 aliphatic carbocycles. The van der Waals surface area contributed by atoms with Crippen molar-refractivity contribution in [3.8, 4) is 16.9 Å². The Morgan fingerprint density at radius 3 is 2.10 bits per heavy atom. The van der Waals surface area contributed by atoms with Gasteiger partial charge in [-0.1, -0.05) is 36.4 Å². The molecule has 8 nitrogen and oxygen atoms in total. The fraction of sp³-hybridized carbons (Fsp3) is 0.200. The summed E-state index contributed by atoms with van der Waals surface area (Å²) in [5, 5.41) is 11.3. The van der Waals surface area contributed by atoms with Crippen LogP contribution in [-0.4, -0.2) is 57.3 Å². The van der Waals surface area contributed by atoms with Gasteiger partial charge in [0.2, 0.25) is 0 Å². The minimum absolute atomic E-state index is 0.119. The number of aryl methyl sites for hydroxylation is 1. The number of halogens is 2. The van der Waals surface area contributed by atoms with E-state index in [4.69, 9.17) is 0 Å². The van der Waals surface area contributed by atoms with Crippen LogP contribution in [0.3, 0.4) is 0 Å². The zero-order chi connectivity index (χ0) is 28.6. The zero-order valence-electron chi connectivity index (χ0n) is 21.9. The number of nitrogens with zero attached hydrogens (tertiary/aromatic N) is 4. The van der Waals surface area contributed by atoms with Crippen LogP contribution in [-0.2, 0) is 0 Å². The first-order valence-corrected chi connectivity index (χ1v) is 12.7. The van der Waals surface area contributed by atoms with E-state index in [-0.39, 0.29) is 54.9 Å². The van der Waals surface area contributed by atoms with Crippen LogP contribution in [0.4, 0.5) is 14.5 Å². The number of rotatable bonds is 5. The normalized spacial score (nSPS) is 13.4. The van der Waals surface area contributed by atoms with Crippen molar-refractivity contribution < 1.29 is 23.3 Å². The Labute approximate surface area is 229 Å². The zero-order valence-corrected chi connectivity index (χ0v) is 21.9. The Morgan fingerprint density at radius 1 is 0.825 bits per heavy atom. The van der Waals surface area contributed by atoms with Crippen LogP contribution in [0.5, 0.6) is 0 Å². The molecular weight excluding hydrogens is 518 g/mol. The van der Waals surface area contributed by atoms with Gasteiger partial charge in [-0.3, -0.25) is 19.7 Å². The van der Waals surface area contributed by atoms with Crippen LogP contribution >= 0.6 is 0 Å². The highest BCUT2D eigenvalue weighted by atomic mass is 19.1. The molecule has 0 radical (unpaired) electrons. The molecule has 204 valence electrons. The number of hydrogen-bond acceptors (Lipinski definition) is 4. The van der Waals surface area contributed by atoms with Gasteiger partial charge in [0, 0.05) is 55.1 Å². The van der Waals surface area contributed by atoms with Crippen LogP contribution in [0.1, 0.15) is 32.0 Å². The highest BCUT2D eigenvalue weighted by molar-refractivity contribution is 5.98. The summed E-state index contributed by atoms with van der Waals surface area (Å²) in [5.41, 5.74) is 2.91. The van der Waals surface area contributed by atoms with E-state index in [0.717, 1.165) is 11.6 Å². The number of benzene rings is 3. The monoisotopic (exact) mass is 544 g/mol. The van der Waals surface area contributed by atoms with E-state index < -0.39 is 16.6 Å². The largest absolute Gasteiger partial charge is 0.335 e. The maximum atomic E-state index is 14.9. The molecule has 0 atom stereocenters. The lowest BCUT2D eigenvalue weighted by atomic mass is 10.1. The molecular formula is C30H26F2N4O4. The van der Waals surface area contributed by atoms with Gasteiger partial charge >= 0.3 is 0 Å². The van der Waals surface area contributed by atoms with Gasteiger partial charge in [0.15, 0.2) is 0 Å². The molecule has 4 aromatic rings. The number of nitro groups is 1. The molecule has 2 heterocycles. The molecule has 1 aromatic heterocycles. The lowest BCUT2D eigenvalue weighted by molar-refractivity contribution is -0.385. The van der Waals surface area contributed by atoms with E-state index in [1.165, 1.54) is 18.2 Å². The van der Waals surface area contributed by atoms with Crippen molar-refractivity contribution in [1.29, 1.82) is 0 Å². The van der Waals surface area contributed by atoms with Crippen LogP contribution in [0.15, 0.2) is 72.8 Å². The third-order valence-corrected chi connectivity index (χ3v) is 7.20. The average Bonchev–Trinajstić information content (AvgIpc) is 3.29. The number of hydrogen-bond donors (Lipinski definition) is 0. The smallest absolute Gasteiger partial charge is 0.273 e. The van der Waals surface area contributed by atoms with Crippen molar-refractivity contribution in [2.75, 3.05) is 26.2 Å². The molecule has 0 N–H and O–H groups in total. The predicted octanol–water partition coefficient (Wildman–Crippen LogP) is 5.55. The number of piperazine rings is 1. The standard InChI is InChI=1S/C30H26F2N4O4/c1-19-8-9-22(16-27(19)36(39)40)29(37)33-12-14-34(15-13-33)30(38)24-18-28(21-6-4-3-5-7-21)35(20(24)2)26-11-10-23(31)17-25(26)32/h3-11,16-18H,12-15H2,1-2H3. The molecule has 1 aliphatic rings. The van der Waals surface area contributed by atoms with Gasteiger partial charge in [0.25, 0.3) is 17.5 Å². The molecule has 5 rings (SSSR count). The molecule has 10 heteroatoms. The predicted molar refractivity (Wildman–Crippen MR) is 145 cm³/mol. The molecule has 2 amide bonds. The summed E-state index contributed by atoms with van der Waals surface area (Å²) in [4.78, 5) is 40.7. The van der Waals surface area contributed by atoms with Gasteiger partial charge in [-0.25, -0.2) is 8.78 Å². The lowest BCUT2D eigenvalue weighted by Gasteiger charge is -2.34. The molecule has 1 fully saturated rings. The number of carbonyl (C=O) groups excluding carboxylic acids is 2. The van der Waals surface area contributed by atoms with Crippen LogP contribution in [0, 0.1) is 35.6 Å². The van der Waals surface area contributed by atoms with Crippen molar-refractivity contribution in [3.05, 3.63) is 117 Å². The fourth-order valence-electron chi connectivity index (χ4n) is 5.02. The minimum atomic E-state index is -0.752. The number of nitro benzene ring substituents is 1. The first kappa shape index (κ1) is 26.7. The summed E-state index contributed by atoms with van der Waals surface area (Å²) in [5.74, 6) is -2.06. The maximum Gasteiger partial charge on any atom is 0.273 e. The molecule has 0 bridgehead atoms. The van der Waals surface area contributed by atoms with Crippen LogP contribution < -0.4 is 0 Å². The molecule has 1 saturated heterocycles. The maximum absolute atomic E-state index is 14.9. The third kappa shape index (κ3) is 4.95. The summed E-state index contributed by atoms with van der Waals surface area (Å²) >= 11 is 0.